The molecule has 5 nitrogen and oxygen atoms in total. The number of fused-ring (bicyclic) bond motifs is 1. The monoisotopic (exact) mass is 301 g/mol. The third kappa shape index (κ3) is 3.72. The van der Waals surface area contributed by atoms with Gasteiger partial charge in [-0.25, -0.2) is 5.10 Å². The molecule has 2 aromatic rings. The first-order valence-corrected chi connectivity index (χ1v) is 7.93. The molecule has 0 radical (unpaired) electrons. The second-order valence-electron chi connectivity index (χ2n) is 5.57. The lowest BCUT2D eigenvalue weighted by Gasteiger charge is -2.15. The van der Waals surface area contributed by atoms with Gasteiger partial charge in [0.1, 0.15) is 0 Å². The topological polar surface area (TPSA) is 74.8 Å². The number of aromatic amines is 1. The Morgan fingerprint density at radius 1 is 1.27 bits per heavy atom. The zero-order valence-electron chi connectivity index (χ0n) is 13.2. The molecule has 2 rings (SSSR count). The summed E-state index contributed by atoms with van der Waals surface area (Å²) in [5.74, 6) is 0.250. The Labute approximate surface area is 130 Å². The second kappa shape index (κ2) is 7.73. The van der Waals surface area contributed by atoms with Crippen molar-refractivity contribution in [1.82, 2.24) is 15.5 Å². The van der Waals surface area contributed by atoms with Crippen molar-refractivity contribution in [3.05, 3.63) is 40.3 Å². The van der Waals surface area contributed by atoms with Crippen molar-refractivity contribution in [3.8, 4) is 0 Å². The molecule has 0 aliphatic rings. The summed E-state index contributed by atoms with van der Waals surface area (Å²) in [4.78, 5) is 24.1. The smallest absolute Gasteiger partial charge is 0.272 e. The van der Waals surface area contributed by atoms with E-state index in [4.69, 9.17) is 0 Å². The molecule has 1 amide bonds. The fourth-order valence-electron chi connectivity index (χ4n) is 2.55. The van der Waals surface area contributed by atoms with Gasteiger partial charge in [0.25, 0.3) is 11.5 Å². The van der Waals surface area contributed by atoms with E-state index in [-0.39, 0.29) is 17.2 Å². The molecule has 5 heteroatoms. The Balaban J connectivity index is 2.13. The predicted molar refractivity (Wildman–Crippen MR) is 88.0 cm³/mol. The van der Waals surface area contributed by atoms with Crippen LogP contribution < -0.4 is 10.9 Å². The van der Waals surface area contributed by atoms with Crippen molar-refractivity contribution < 1.29 is 4.79 Å². The van der Waals surface area contributed by atoms with Crippen molar-refractivity contribution >= 4 is 16.7 Å². The summed E-state index contributed by atoms with van der Waals surface area (Å²) in [6.45, 7) is 4.95. The highest BCUT2D eigenvalue weighted by Crippen LogP contribution is 2.14. The van der Waals surface area contributed by atoms with Crippen LogP contribution in [0.5, 0.6) is 0 Å². The Morgan fingerprint density at radius 3 is 2.68 bits per heavy atom. The Hall–Kier alpha value is -2.17. The molecule has 0 saturated carbocycles. The maximum Gasteiger partial charge on any atom is 0.272 e. The fraction of sp³-hybridized carbons (Fsp3) is 0.471. The van der Waals surface area contributed by atoms with E-state index in [1.165, 1.54) is 6.42 Å². The lowest BCUT2D eigenvalue weighted by atomic mass is 9.99. The van der Waals surface area contributed by atoms with Crippen LogP contribution in [0.15, 0.2) is 29.1 Å². The number of H-pyrrole nitrogens is 1. The largest absolute Gasteiger partial charge is 0.350 e. The van der Waals surface area contributed by atoms with Crippen molar-refractivity contribution in [3.63, 3.8) is 0 Å². The molecule has 1 heterocycles. The van der Waals surface area contributed by atoms with Crippen LogP contribution in [-0.4, -0.2) is 22.6 Å². The fourth-order valence-corrected chi connectivity index (χ4v) is 2.55. The lowest BCUT2D eigenvalue weighted by molar-refractivity contribution is 0.0941. The Morgan fingerprint density at radius 2 is 2.00 bits per heavy atom. The van der Waals surface area contributed by atoms with Crippen LogP contribution in [-0.2, 0) is 0 Å². The van der Waals surface area contributed by atoms with Crippen molar-refractivity contribution in [2.45, 2.75) is 39.5 Å². The number of unbranched alkanes of at least 4 members (excludes halogenated alkanes) is 1. The number of carbonyl (C=O) groups excluding carboxylic acids is 1. The highest BCUT2D eigenvalue weighted by molar-refractivity contribution is 6.04. The number of hydrogen-bond acceptors (Lipinski definition) is 3. The standard InChI is InChI=1S/C17H23N3O2/c1-3-5-8-12(4-2)11-18-17(22)15-13-9-6-7-10-14(13)16(21)20-19-15/h6-7,9-10,12H,3-5,8,11H2,1-2H3,(H,18,22)(H,20,21). The first kappa shape index (κ1) is 16.2. The highest BCUT2D eigenvalue weighted by atomic mass is 16.2. The van der Waals surface area contributed by atoms with E-state index >= 15 is 0 Å². The third-order valence-electron chi connectivity index (χ3n) is 4.01. The molecule has 0 aliphatic heterocycles. The van der Waals surface area contributed by atoms with Crippen LogP contribution in [0, 0.1) is 5.92 Å². The zero-order chi connectivity index (χ0) is 15.9. The normalized spacial score (nSPS) is 12.3. The van der Waals surface area contributed by atoms with Crippen LogP contribution in [0.4, 0.5) is 0 Å². The van der Waals surface area contributed by atoms with Gasteiger partial charge in [0, 0.05) is 11.9 Å². The van der Waals surface area contributed by atoms with Gasteiger partial charge in [-0.2, -0.15) is 5.10 Å². The van der Waals surface area contributed by atoms with Gasteiger partial charge in [0.2, 0.25) is 0 Å². The molecular weight excluding hydrogens is 278 g/mol. The molecule has 0 spiro atoms. The van der Waals surface area contributed by atoms with Gasteiger partial charge < -0.3 is 5.32 Å². The van der Waals surface area contributed by atoms with Crippen LogP contribution in [0.25, 0.3) is 10.8 Å². The minimum absolute atomic E-state index is 0.234. The minimum atomic E-state index is -0.276. The van der Waals surface area contributed by atoms with Gasteiger partial charge in [-0.15, -0.1) is 0 Å². The average molecular weight is 301 g/mol. The van der Waals surface area contributed by atoms with E-state index in [1.54, 1.807) is 24.3 Å². The summed E-state index contributed by atoms with van der Waals surface area (Å²) >= 11 is 0. The Bertz CT molecular complexity index is 694. The van der Waals surface area contributed by atoms with E-state index in [1.807, 2.05) is 0 Å². The predicted octanol–water partition coefficient (Wildman–Crippen LogP) is 2.87. The van der Waals surface area contributed by atoms with Gasteiger partial charge in [0.15, 0.2) is 5.69 Å². The molecule has 0 fully saturated rings. The highest BCUT2D eigenvalue weighted by Gasteiger charge is 2.15. The first-order valence-electron chi connectivity index (χ1n) is 7.93. The molecule has 22 heavy (non-hydrogen) atoms. The molecule has 118 valence electrons. The van der Waals surface area contributed by atoms with Crippen LogP contribution in [0.2, 0.25) is 0 Å². The quantitative estimate of drug-likeness (QED) is 0.825. The molecule has 1 aromatic heterocycles. The van der Waals surface area contributed by atoms with Crippen LogP contribution in [0.3, 0.4) is 0 Å². The summed E-state index contributed by atoms with van der Waals surface area (Å²) in [5, 5.41) is 10.3. The van der Waals surface area contributed by atoms with Gasteiger partial charge in [-0.3, -0.25) is 9.59 Å². The van der Waals surface area contributed by atoms with Gasteiger partial charge in [-0.1, -0.05) is 51.3 Å². The minimum Gasteiger partial charge on any atom is -0.350 e. The van der Waals surface area contributed by atoms with Gasteiger partial charge in [-0.05, 0) is 18.4 Å². The SMILES string of the molecule is CCCCC(CC)CNC(=O)c1n[nH]c(=O)c2ccccc12. The second-order valence-corrected chi connectivity index (χ2v) is 5.57. The molecule has 0 aliphatic carbocycles. The maximum atomic E-state index is 12.4. The molecule has 1 atom stereocenters. The molecular formula is C17H23N3O2. The number of rotatable bonds is 7. The van der Waals surface area contributed by atoms with E-state index in [0.717, 1.165) is 19.3 Å². The maximum absolute atomic E-state index is 12.4. The number of nitrogens with one attached hydrogen (secondary N) is 2. The molecule has 0 bridgehead atoms. The van der Waals surface area contributed by atoms with Crippen molar-refractivity contribution in [2.24, 2.45) is 5.92 Å². The number of benzene rings is 1. The van der Waals surface area contributed by atoms with Crippen molar-refractivity contribution in [1.29, 1.82) is 0 Å². The van der Waals surface area contributed by atoms with Gasteiger partial charge >= 0.3 is 0 Å². The third-order valence-corrected chi connectivity index (χ3v) is 4.01. The average Bonchev–Trinajstić information content (AvgIpc) is 2.55. The van der Waals surface area contributed by atoms with Crippen LogP contribution in [0.1, 0.15) is 50.0 Å². The molecule has 1 aromatic carbocycles. The number of nitrogens with zero attached hydrogens (tertiary/aromatic N) is 1. The first-order chi connectivity index (χ1) is 10.7. The van der Waals surface area contributed by atoms with Gasteiger partial charge in [0.05, 0.1) is 5.39 Å². The molecule has 0 saturated heterocycles. The van der Waals surface area contributed by atoms with E-state index in [0.29, 0.717) is 23.2 Å². The molecule has 2 N–H and O–H groups in total. The summed E-state index contributed by atoms with van der Waals surface area (Å²) < 4.78 is 0. The summed E-state index contributed by atoms with van der Waals surface area (Å²) in [5.41, 5.74) is 0.00192. The van der Waals surface area contributed by atoms with E-state index < -0.39 is 0 Å². The van der Waals surface area contributed by atoms with Crippen LogP contribution >= 0.6 is 0 Å². The molecule has 1 unspecified atom stereocenters. The number of hydrogen-bond donors (Lipinski definition) is 2. The lowest BCUT2D eigenvalue weighted by Crippen LogP contribution is -2.31. The number of carbonyl (C=O) groups is 1. The van der Waals surface area contributed by atoms with Crippen molar-refractivity contribution in [2.75, 3.05) is 6.54 Å². The summed E-state index contributed by atoms with van der Waals surface area (Å²) in [7, 11) is 0. The van der Waals surface area contributed by atoms with E-state index in [9.17, 15) is 9.59 Å². The number of amides is 1. The Kier molecular flexibility index (Phi) is 5.69. The summed E-state index contributed by atoms with van der Waals surface area (Å²) in [6, 6.07) is 7.02. The zero-order valence-corrected chi connectivity index (χ0v) is 13.2. The summed E-state index contributed by atoms with van der Waals surface area (Å²) in [6.07, 6.45) is 4.50. The number of aromatic nitrogens is 2. The van der Waals surface area contributed by atoms with E-state index in [2.05, 4.69) is 29.4 Å².